The van der Waals surface area contributed by atoms with Crippen molar-refractivity contribution in [3.05, 3.63) is 64.0 Å². The summed E-state index contributed by atoms with van der Waals surface area (Å²) in [6, 6.07) is 12.1. The van der Waals surface area contributed by atoms with Gasteiger partial charge in [0.15, 0.2) is 12.2 Å². The zero-order valence-corrected chi connectivity index (χ0v) is 25.6. The summed E-state index contributed by atoms with van der Waals surface area (Å²) in [6.07, 6.45) is -6.06. The van der Waals surface area contributed by atoms with Crippen molar-refractivity contribution < 1.29 is 52.4 Å². The highest BCUT2D eigenvalue weighted by atomic mass is 16.7. The van der Waals surface area contributed by atoms with Crippen LogP contribution in [0.15, 0.2) is 47.6 Å². The van der Waals surface area contributed by atoms with Crippen molar-refractivity contribution in [2.24, 2.45) is 5.11 Å². The number of azide groups is 1. The van der Waals surface area contributed by atoms with Crippen LogP contribution in [0.2, 0.25) is 0 Å². The summed E-state index contributed by atoms with van der Waals surface area (Å²) in [4.78, 5) is 63.6. The van der Waals surface area contributed by atoms with Gasteiger partial charge in [-0.05, 0) is 53.4 Å². The van der Waals surface area contributed by atoms with Crippen LogP contribution in [0.4, 0.5) is 0 Å². The Balaban J connectivity index is 2.15. The lowest BCUT2D eigenvalue weighted by atomic mass is 9.85. The van der Waals surface area contributed by atoms with Gasteiger partial charge < -0.3 is 33.7 Å². The van der Waals surface area contributed by atoms with Crippen LogP contribution in [-0.4, -0.2) is 80.2 Å². The maximum Gasteiger partial charge on any atom is 0.303 e. The summed E-state index contributed by atoms with van der Waals surface area (Å²) < 4.78 is 34.2. The lowest BCUT2D eigenvalue weighted by molar-refractivity contribution is -0.323. The molecule has 0 radical (unpaired) electrons. The molecule has 5 atom stereocenters. The van der Waals surface area contributed by atoms with Crippen molar-refractivity contribution in [1.29, 1.82) is 0 Å². The van der Waals surface area contributed by atoms with Gasteiger partial charge in [-0.1, -0.05) is 23.3 Å². The summed E-state index contributed by atoms with van der Waals surface area (Å²) in [6.45, 7) is 4.97. The standard InChI is InChI=1S/C30H34N4O11/c1-16-12-22(21-8-7-9-23(13-21)28(39)32-6)10-11-24(16)43-29-30(15-33-34-31,45-20(5)38)27(42-19(4)37)26(41-18(3)36)25(44-29)14-40-17(2)35/h7-13,25-27,29H,14-15H2,1-6H3,(H,32,39)/t25-,26-,27+,29+,30+/m1/s1. The minimum Gasteiger partial charge on any atom is -0.463 e. The lowest BCUT2D eigenvalue weighted by Gasteiger charge is -2.50. The zero-order chi connectivity index (χ0) is 33.3. The van der Waals surface area contributed by atoms with E-state index in [9.17, 15) is 29.5 Å². The molecule has 1 aliphatic rings. The zero-order valence-electron chi connectivity index (χ0n) is 25.6. The third-order valence-corrected chi connectivity index (χ3v) is 6.70. The van der Waals surface area contributed by atoms with E-state index in [2.05, 4.69) is 15.3 Å². The summed E-state index contributed by atoms with van der Waals surface area (Å²) >= 11 is 0. The van der Waals surface area contributed by atoms with Crippen LogP contribution in [0.1, 0.15) is 43.6 Å². The number of benzene rings is 2. The normalized spacial score (nSPS) is 22.2. The molecule has 3 rings (SSSR count). The number of hydrogen-bond donors (Lipinski definition) is 1. The quantitative estimate of drug-likeness (QED) is 0.126. The Hall–Kier alpha value is -5.14. The summed E-state index contributed by atoms with van der Waals surface area (Å²) in [5.41, 5.74) is 9.57. The fourth-order valence-corrected chi connectivity index (χ4v) is 4.87. The first-order chi connectivity index (χ1) is 21.3. The fourth-order valence-electron chi connectivity index (χ4n) is 4.87. The van der Waals surface area contributed by atoms with E-state index in [0.29, 0.717) is 11.1 Å². The van der Waals surface area contributed by atoms with Gasteiger partial charge in [-0.25, -0.2) is 0 Å². The fraction of sp³-hybridized carbons (Fsp3) is 0.433. The van der Waals surface area contributed by atoms with Gasteiger partial charge in [0.2, 0.25) is 11.9 Å². The first-order valence-electron chi connectivity index (χ1n) is 13.7. The van der Waals surface area contributed by atoms with Crippen LogP contribution in [0, 0.1) is 6.92 Å². The second-order valence-electron chi connectivity index (χ2n) is 10.1. The van der Waals surface area contributed by atoms with E-state index in [0.717, 1.165) is 38.8 Å². The Morgan fingerprint density at radius 2 is 1.64 bits per heavy atom. The Bertz CT molecular complexity index is 1500. The molecule has 45 heavy (non-hydrogen) atoms. The number of amides is 1. The molecule has 1 amide bonds. The Labute approximate surface area is 258 Å². The summed E-state index contributed by atoms with van der Waals surface area (Å²) in [7, 11) is 1.54. The number of nitrogens with one attached hydrogen (secondary N) is 1. The Morgan fingerprint density at radius 1 is 0.956 bits per heavy atom. The highest BCUT2D eigenvalue weighted by molar-refractivity contribution is 5.95. The second-order valence-corrected chi connectivity index (χ2v) is 10.1. The van der Waals surface area contributed by atoms with E-state index in [1.165, 1.54) is 7.05 Å². The van der Waals surface area contributed by atoms with Gasteiger partial charge in [-0.2, -0.15) is 0 Å². The van der Waals surface area contributed by atoms with E-state index < -0.39 is 67.2 Å². The SMILES string of the molecule is CNC(=O)c1cccc(-c2ccc(O[C@H]3O[C@H](COC(C)=O)[C@@H](OC(C)=O)[C@H](OC(C)=O)[C@]3(CN=[N+]=[N-])OC(C)=O)c(C)c2)c1. The van der Waals surface area contributed by atoms with E-state index in [1.54, 1.807) is 43.3 Å². The van der Waals surface area contributed by atoms with E-state index >= 15 is 0 Å². The molecule has 15 heteroatoms. The molecule has 2 aromatic carbocycles. The van der Waals surface area contributed by atoms with Crippen molar-refractivity contribution in [1.82, 2.24) is 5.32 Å². The third-order valence-electron chi connectivity index (χ3n) is 6.70. The number of hydrogen-bond acceptors (Lipinski definition) is 12. The van der Waals surface area contributed by atoms with Gasteiger partial charge in [0.1, 0.15) is 18.5 Å². The van der Waals surface area contributed by atoms with E-state index in [1.807, 2.05) is 6.07 Å². The van der Waals surface area contributed by atoms with Gasteiger partial charge in [-0.15, -0.1) is 0 Å². The number of esters is 4. The maximum atomic E-state index is 12.5. The molecule has 1 heterocycles. The maximum absolute atomic E-state index is 12.5. The van der Waals surface area contributed by atoms with E-state index in [4.69, 9.17) is 28.4 Å². The number of aryl methyl sites for hydroxylation is 1. The monoisotopic (exact) mass is 626 g/mol. The second kappa shape index (κ2) is 15.0. The van der Waals surface area contributed by atoms with Crippen LogP contribution in [0.5, 0.6) is 5.75 Å². The Kier molecular flexibility index (Phi) is 11.5. The molecule has 15 nitrogen and oxygen atoms in total. The first-order valence-corrected chi connectivity index (χ1v) is 13.7. The minimum atomic E-state index is -2.18. The molecule has 1 N–H and O–H groups in total. The molecule has 0 saturated carbocycles. The van der Waals surface area contributed by atoms with Crippen molar-refractivity contribution in [2.45, 2.75) is 64.8 Å². The summed E-state index contributed by atoms with van der Waals surface area (Å²) in [5.74, 6) is -3.27. The van der Waals surface area contributed by atoms with Crippen LogP contribution in [0.25, 0.3) is 21.6 Å². The van der Waals surface area contributed by atoms with Crippen LogP contribution >= 0.6 is 0 Å². The topological polar surface area (TPSA) is 202 Å². The van der Waals surface area contributed by atoms with Crippen molar-refractivity contribution in [2.75, 3.05) is 20.2 Å². The molecule has 0 spiro atoms. The number of ether oxygens (including phenoxy) is 6. The molecule has 0 aromatic heterocycles. The molecule has 1 aliphatic heterocycles. The number of nitrogens with zero attached hydrogens (tertiary/aromatic N) is 3. The average molecular weight is 627 g/mol. The van der Waals surface area contributed by atoms with Gasteiger partial charge in [0, 0.05) is 45.2 Å². The van der Waals surface area contributed by atoms with Gasteiger partial charge in [0.05, 0.1) is 6.54 Å². The predicted octanol–water partition coefficient (Wildman–Crippen LogP) is 3.16. The average Bonchev–Trinajstić information content (AvgIpc) is 2.98. The van der Waals surface area contributed by atoms with Crippen molar-refractivity contribution in [3.63, 3.8) is 0 Å². The first kappa shape index (κ1) is 34.4. The molecular weight excluding hydrogens is 592 g/mol. The van der Waals surface area contributed by atoms with Crippen LogP contribution in [-0.2, 0) is 42.9 Å². The molecule has 2 aromatic rings. The highest BCUT2D eigenvalue weighted by Crippen LogP contribution is 2.40. The molecule has 0 aliphatic carbocycles. The lowest BCUT2D eigenvalue weighted by Crippen LogP contribution is -2.72. The highest BCUT2D eigenvalue weighted by Gasteiger charge is 2.63. The van der Waals surface area contributed by atoms with E-state index in [-0.39, 0.29) is 11.7 Å². The molecular formula is C30H34N4O11. The number of carbonyl (C=O) groups is 5. The Morgan fingerprint density at radius 3 is 2.22 bits per heavy atom. The molecule has 1 saturated heterocycles. The van der Waals surface area contributed by atoms with Crippen LogP contribution < -0.4 is 10.1 Å². The van der Waals surface area contributed by atoms with Crippen LogP contribution in [0.3, 0.4) is 0 Å². The minimum absolute atomic E-state index is 0.224. The molecule has 1 fully saturated rings. The largest absolute Gasteiger partial charge is 0.463 e. The number of carbonyl (C=O) groups excluding carboxylic acids is 5. The third kappa shape index (κ3) is 8.49. The van der Waals surface area contributed by atoms with Gasteiger partial charge >= 0.3 is 23.9 Å². The van der Waals surface area contributed by atoms with Crippen molar-refractivity contribution in [3.8, 4) is 16.9 Å². The van der Waals surface area contributed by atoms with Gasteiger partial charge in [0.25, 0.3) is 5.91 Å². The predicted molar refractivity (Wildman–Crippen MR) is 156 cm³/mol. The van der Waals surface area contributed by atoms with Crippen molar-refractivity contribution >= 4 is 29.8 Å². The van der Waals surface area contributed by atoms with Gasteiger partial charge in [-0.3, -0.25) is 24.0 Å². The molecule has 240 valence electrons. The molecule has 0 bridgehead atoms. The number of rotatable bonds is 11. The summed E-state index contributed by atoms with van der Waals surface area (Å²) in [5, 5.41) is 6.17. The smallest absolute Gasteiger partial charge is 0.303 e. The molecule has 0 unspecified atom stereocenters.